The fourth-order valence-electron chi connectivity index (χ4n) is 4.99. The van der Waals surface area contributed by atoms with Crippen molar-refractivity contribution in [3.05, 3.63) is 111 Å². The molecule has 3 atom stereocenters. The van der Waals surface area contributed by atoms with E-state index in [0.29, 0.717) is 5.56 Å². The summed E-state index contributed by atoms with van der Waals surface area (Å²) in [7, 11) is 0. The van der Waals surface area contributed by atoms with Crippen molar-refractivity contribution < 1.29 is 9.72 Å². The number of nitrogens with zero attached hydrogens (tertiary/aromatic N) is 1. The van der Waals surface area contributed by atoms with E-state index in [9.17, 15) is 14.9 Å². The second kappa shape index (κ2) is 8.20. The first-order chi connectivity index (χ1) is 15.9. The van der Waals surface area contributed by atoms with Crippen LogP contribution in [0.5, 0.6) is 0 Å². The third kappa shape index (κ3) is 3.78. The Labute approximate surface area is 192 Å². The Balaban J connectivity index is 1.52. The first-order valence-corrected chi connectivity index (χ1v) is 11.1. The molecule has 0 spiro atoms. The zero-order valence-electron chi connectivity index (χ0n) is 18.5. The number of non-ortho nitro benzene ring substituents is 1. The Bertz CT molecular complexity index is 1300. The Kier molecular flexibility index (Phi) is 5.21. The minimum Gasteiger partial charge on any atom is -0.377 e. The minimum absolute atomic E-state index is 0.0726. The average Bonchev–Trinajstić information content (AvgIpc) is 3.31. The first-order valence-electron chi connectivity index (χ1n) is 11.1. The third-order valence-corrected chi connectivity index (χ3v) is 6.85. The zero-order valence-corrected chi connectivity index (χ0v) is 18.5. The van der Waals surface area contributed by atoms with E-state index in [1.807, 2.05) is 50.2 Å². The van der Waals surface area contributed by atoms with E-state index in [1.54, 1.807) is 12.1 Å². The van der Waals surface area contributed by atoms with Crippen molar-refractivity contribution in [1.82, 2.24) is 0 Å². The van der Waals surface area contributed by atoms with Gasteiger partial charge in [0.25, 0.3) is 11.6 Å². The smallest absolute Gasteiger partial charge is 0.269 e. The molecule has 6 heteroatoms. The molecule has 0 saturated heterocycles. The highest BCUT2D eigenvalue weighted by Crippen LogP contribution is 2.50. The van der Waals surface area contributed by atoms with Crippen LogP contribution in [-0.4, -0.2) is 10.8 Å². The van der Waals surface area contributed by atoms with Crippen LogP contribution in [0, 0.1) is 29.9 Å². The van der Waals surface area contributed by atoms with Gasteiger partial charge in [0.1, 0.15) is 0 Å². The number of para-hydroxylation sites is 1. The topological polar surface area (TPSA) is 84.3 Å². The number of fused-ring (bicyclic) bond motifs is 3. The van der Waals surface area contributed by atoms with Gasteiger partial charge in [-0.3, -0.25) is 14.9 Å². The molecule has 6 nitrogen and oxygen atoms in total. The minimum atomic E-state index is -0.368. The third-order valence-electron chi connectivity index (χ3n) is 6.85. The van der Waals surface area contributed by atoms with E-state index >= 15 is 0 Å². The van der Waals surface area contributed by atoms with Gasteiger partial charge in [0.2, 0.25) is 0 Å². The van der Waals surface area contributed by atoms with Crippen molar-refractivity contribution in [3.63, 3.8) is 0 Å². The maximum absolute atomic E-state index is 13.3. The molecule has 3 unspecified atom stereocenters. The summed E-state index contributed by atoms with van der Waals surface area (Å²) in [5.74, 6) is 0.207. The monoisotopic (exact) mass is 439 g/mol. The van der Waals surface area contributed by atoms with Crippen LogP contribution in [0.2, 0.25) is 0 Å². The summed E-state index contributed by atoms with van der Waals surface area (Å²) in [4.78, 5) is 24.3. The van der Waals surface area contributed by atoms with E-state index in [-0.39, 0.29) is 34.4 Å². The summed E-state index contributed by atoms with van der Waals surface area (Å²) in [6.45, 7) is 4.06. The van der Waals surface area contributed by atoms with Crippen molar-refractivity contribution in [2.45, 2.75) is 32.2 Å². The number of nitro benzene ring substituents is 1. The molecule has 2 aliphatic rings. The van der Waals surface area contributed by atoms with Gasteiger partial charge in [-0.25, -0.2) is 0 Å². The van der Waals surface area contributed by atoms with E-state index in [1.165, 1.54) is 11.6 Å². The van der Waals surface area contributed by atoms with Crippen molar-refractivity contribution in [2.24, 2.45) is 5.92 Å². The van der Waals surface area contributed by atoms with Gasteiger partial charge in [0, 0.05) is 23.7 Å². The van der Waals surface area contributed by atoms with E-state index in [2.05, 4.69) is 28.9 Å². The van der Waals surface area contributed by atoms with Gasteiger partial charge in [-0.2, -0.15) is 0 Å². The molecule has 0 saturated carbocycles. The lowest BCUT2D eigenvalue weighted by atomic mass is 9.76. The normalized spacial score (nSPS) is 20.5. The summed E-state index contributed by atoms with van der Waals surface area (Å²) in [5, 5.41) is 18.0. The maximum atomic E-state index is 13.3. The average molecular weight is 440 g/mol. The lowest BCUT2D eigenvalue weighted by Gasteiger charge is -2.38. The number of aryl methyl sites for hydroxylation is 2. The maximum Gasteiger partial charge on any atom is 0.269 e. The molecule has 1 aliphatic carbocycles. The fourth-order valence-corrected chi connectivity index (χ4v) is 4.99. The van der Waals surface area contributed by atoms with Crippen molar-refractivity contribution in [1.29, 1.82) is 0 Å². The highest BCUT2D eigenvalue weighted by Gasteiger charge is 2.39. The molecule has 0 aromatic heterocycles. The SMILES string of the molecule is Cc1ccc(NC(=O)c2cccc3c2NC(c2cccc([N+](=O)[O-])c2)C2CC=CC32)cc1C. The number of allylic oxidation sites excluding steroid dienone is 2. The Morgan fingerprint density at radius 1 is 1.06 bits per heavy atom. The number of nitro groups is 1. The van der Waals surface area contributed by atoms with E-state index in [0.717, 1.165) is 34.5 Å². The Morgan fingerprint density at radius 3 is 2.67 bits per heavy atom. The second-order valence-electron chi connectivity index (χ2n) is 8.85. The van der Waals surface area contributed by atoms with Crippen LogP contribution < -0.4 is 10.6 Å². The molecule has 166 valence electrons. The largest absolute Gasteiger partial charge is 0.377 e. The summed E-state index contributed by atoms with van der Waals surface area (Å²) >= 11 is 0. The van der Waals surface area contributed by atoms with Crippen molar-refractivity contribution in [3.8, 4) is 0 Å². The van der Waals surface area contributed by atoms with Gasteiger partial charge >= 0.3 is 0 Å². The number of carbonyl (C=O) groups excluding carboxylic acids is 1. The highest BCUT2D eigenvalue weighted by molar-refractivity contribution is 6.08. The van der Waals surface area contributed by atoms with Crippen LogP contribution in [0.3, 0.4) is 0 Å². The number of hydrogen-bond acceptors (Lipinski definition) is 4. The lowest BCUT2D eigenvalue weighted by molar-refractivity contribution is -0.384. The Morgan fingerprint density at radius 2 is 1.88 bits per heavy atom. The number of nitrogens with one attached hydrogen (secondary N) is 2. The molecule has 1 aliphatic heterocycles. The van der Waals surface area contributed by atoms with Crippen LogP contribution in [0.15, 0.2) is 72.8 Å². The first kappa shape index (κ1) is 20.9. The molecule has 33 heavy (non-hydrogen) atoms. The summed E-state index contributed by atoms with van der Waals surface area (Å²) in [6, 6.07) is 18.3. The standard InChI is InChI=1S/C27H25N3O3/c1-16-12-13-19(14-17(16)2)28-27(31)24-11-5-10-23-21-8-4-9-22(21)25(29-26(23)24)18-6-3-7-20(15-18)30(32)33/h3-8,10-15,21-22,25,29H,9H2,1-2H3,(H,28,31). The highest BCUT2D eigenvalue weighted by atomic mass is 16.6. The molecule has 0 radical (unpaired) electrons. The van der Waals surface area contributed by atoms with Crippen LogP contribution in [0.1, 0.15) is 51.0 Å². The molecule has 1 heterocycles. The van der Waals surface area contributed by atoms with Crippen LogP contribution in [-0.2, 0) is 0 Å². The molecular formula is C27H25N3O3. The van der Waals surface area contributed by atoms with Crippen LogP contribution in [0.4, 0.5) is 17.1 Å². The summed E-state index contributed by atoms with van der Waals surface area (Å²) < 4.78 is 0. The number of amides is 1. The molecule has 3 aromatic carbocycles. The molecule has 0 bridgehead atoms. The van der Waals surface area contributed by atoms with Gasteiger partial charge in [-0.05, 0) is 66.6 Å². The number of benzene rings is 3. The number of anilines is 2. The Hall–Kier alpha value is -3.93. The summed E-state index contributed by atoms with van der Waals surface area (Å²) in [5.41, 5.74) is 6.43. The molecule has 2 N–H and O–H groups in total. The fraction of sp³-hybridized carbons (Fsp3) is 0.222. The molecular weight excluding hydrogens is 414 g/mol. The van der Waals surface area contributed by atoms with Crippen molar-refractivity contribution in [2.75, 3.05) is 10.6 Å². The van der Waals surface area contributed by atoms with E-state index in [4.69, 9.17) is 0 Å². The van der Waals surface area contributed by atoms with Gasteiger partial charge in [0.05, 0.1) is 22.2 Å². The zero-order chi connectivity index (χ0) is 23.1. The molecule has 3 aromatic rings. The van der Waals surface area contributed by atoms with Crippen molar-refractivity contribution >= 4 is 23.0 Å². The predicted octanol–water partition coefficient (Wildman–Crippen LogP) is 6.29. The molecule has 0 fully saturated rings. The quantitative estimate of drug-likeness (QED) is 0.284. The molecule has 1 amide bonds. The number of carbonyl (C=O) groups is 1. The van der Waals surface area contributed by atoms with Gasteiger partial charge < -0.3 is 10.6 Å². The predicted molar refractivity (Wildman–Crippen MR) is 130 cm³/mol. The number of hydrogen-bond donors (Lipinski definition) is 2. The van der Waals surface area contributed by atoms with Gasteiger partial charge in [-0.1, -0.05) is 42.5 Å². The van der Waals surface area contributed by atoms with Gasteiger partial charge in [0.15, 0.2) is 0 Å². The second-order valence-corrected chi connectivity index (χ2v) is 8.85. The van der Waals surface area contributed by atoms with E-state index < -0.39 is 0 Å². The molecule has 5 rings (SSSR count). The van der Waals surface area contributed by atoms with Crippen LogP contribution >= 0.6 is 0 Å². The van der Waals surface area contributed by atoms with Gasteiger partial charge in [-0.15, -0.1) is 0 Å². The number of rotatable bonds is 4. The summed E-state index contributed by atoms with van der Waals surface area (Å²) in [6.07, 6.45) is 5.24. The van der Waals surface area contributed by atoms with Crippen LogP contribution in [0.25, 0.3) is 0 Å². The lowest BCUT2D eigenvalue weighted by Crippen LogP contribution is -2.31.